The van der Waals surface area contributed by atoms with Crippen molar-refractivity contribution in [2.45, 2.75) is 45.1 Å². The van der Waals surface area contributed by atoms with Crippen LogP contribution in [0.25, 0.3) is 0 Å². The van der Waals surface area contributed by atoms with Crippen molar-refractivity contribution in [1.82, 2.24) is 5.32 Å². The number of phenolic OH excluding ortho intramolecular Hbond substituents is 1. The second kappa shape index (κ2) is 7.37. The van der Waals surface area contributed by atoms with Crippen LogP contribution in [0.2, 0.25) is 10.0 Å². The molecule has 1 fully saturated rings. The molecule has 1 saturated carbocycles. The summed E-state index contributed by atoms with van der Waals surface area (Å²) in [5.74, 6) is 1.01. The molecule has 0 aliphatic heterocycles. The number of benzene rings is 1. The minimum absolute atomic E-state index is 0.135. The van der Waals surface area contributed by atoms with Crippen LogP contribution in [0, 0.1) is 5.92 Å². The van der Waals surface area contributed by atoms with Crippen molar-refractivity contribution in [3.05, 3.63) is 27.7 Å². The van der Waals surface area contributed by atoms with E-state index in [1.54, 1.807) is 12.1 Å². The van der Waals surface area contributed by atoms with Gasteiger partial charge in [-0.05, 0) is 31.0 Å². The number of nitrogens with one attached hydrogen (secondary N) is 1. The molecule has 0 saturated heterocycles. The molecule has 1 aliphatic carbocycles. The number of phenols is 1. The Hall–Kier alpha value is -0.440. The van der Waals surface area contributed by atoms with Crippen LogP contribution in [0.3, 0.4) is 0 Å². The molecule has 1 aromatic carbocycles. The van der Waals surface area contributed by atoms with Crippen molar-refractivity contribution < 1.29 is 5.11 Å². The first-order valence-electron chi connectivity index (χ1n) is 7.04. The third-order valence-electron chi connectivity index (χ3n) is 3.88. The lowest BCUT2D eigenvalue weighted by Crippen LogP contribution is -2.19. The molecular formula is C15H21Cl2NO. The van der Waals surface area contributed by atoms with E-state index in [9.17, 15) is 5.11 Å². The van der Waals surface area contributed by atoms with Gasteiger partial charge in [-0.1, -0.05) is 55.3 Å². The van der Waals surface area contributed by atoms with Gasteiger partial charge in [-0.25, -0.2) is 0 Å². The van der Waals surface area contributed by atoms with Gasteiger partial charge in [-0.3, -0.25) is 0 Å². The molecule has 4 heteroatoms. The fourth-order valence-electron chi connectivity index (χ4n) is 2.76. The zero-order chi connectivity index (χ0) is 13.7. The Kier molecular flexibility index (Phi) is 5.80. The standard InChI is InChI=1S/C15H21Cl2NO/c16-13-8-12(15(19)14(17)9-13)10-18-7-6-11-4-2-1-3-5-11/h8-9,11,18-19H,1-7,10H2. The van der Waals surface area contributed by atoms with Gasteiger partial charge < -0.3 is 10.4 Å². The fourth-order valence-corrected chi connectivity index (χ4v) is 3.29. The number of hydrogen-bond donors (Lipinski definition) is 2. The lowest BCUT2D eigenvalue weighted by molar-refractivity contribution is 0.333. The summed E-state index contributed by atoms with van der Waals surface area (Å²) in [7, 11) is 0. The Morgan fingerprint density at radius 2 is 1.89 bits per heavy atom. The van der Waals surface area contributed by atoms with E-state index in [0.29, 0.717) is 16.6 Å². The van der Waals surface area contributed by atoms with Crippen LogP contribution in [0.4, 0.5) is 0 Å². The van der Waals surface area contributed by atoms with Gasteiger partial charge in [0.05, 0.1) is 5.02 Å². The summed E-state index contributed by atoms with van der Waals surface area (Å²) in [5.41, 5.74) is 0.765. The van der Waals surface area contributed by atoms with Crippen LogP contribution in [-0.4, -0.2) is 11.7 Å². The normalized spacial score (nSPS) is 16.7. The Balaban J connectivity index is 1.76. The maximum Gasteiger partial charge on any atom is 0.138 e. The topological polar surface area (TPSA) is 32.3 Å². The number of rotatable bonds is 5. The lowest BCUT2D eigenvalue weighted by atomic mass is 9.87. The average molecular weight is 302 g/mol. The zero-order valence-corrected chi connectivity index (χ0v) is 12.6. The van der Waals surface area contributed by atoms with Gasteiger partial charge in [0.25, 0.3) is 0 Å². The van der Waals surface area contributed by atoms with E-state index in [0.717, 1.165) is 18.0 Å². The van der Waals surface area contributed by atoms with Gasteiger partial charge in [0.15, 0.2) is 0 Å². The van der Waals surface area contributed by atoms with E-state index in [1.807, 2.05) is 0 Å². The maximum absolute atomic E-state index is 9.84. The molecule has 0 spiro atoms. The molecule has 2 nitrogen and oxygen atoms in total. The van der Waals surface area contributed by atoms with Crippen molar-refractivity contribution >= 4 is 23.2 Å². The monoisotopic (exact) mass is 301 g/mol. The summed E-state index contributed by atoms with van der Waals surface area (Å²) in [5, 5.41) is 14.1. The fraction of sp³-hybridized carbons (Fsp3) is 0.600. The van der Waals surface area contributed by atoms with Gasteiger partial charge >= 0.3 is 0 Å². The number of aromatic hydroxyl groups is 1. The van der Waals surface area contributed by atoms with E-state index in [2.05, 4.69) is 5.32 Å². The molecule has 19 heavy (non-hydrogen) atoms. The summed E-state index contributed by atoms with van der Waals surface area (Å²) >= 11 is 11.8. The maximum atomic E-state index is 9.84. The molecule has 0 heterocycles. The first-order valence-corrected chi connectivity index (χ1v) is 7.80. The van der Waals surface area contributed by atoms with Gasteiger partial charge in [0.2, 0.25) is 0 Å². The lowest BCUT2D eigenvalue weighted by Gasteiger charge is -2.21. The molecule has 106 valence electrons. The van der Waals surface area contributed by atoms with Crippen LogP contribution in [-0.2, 0) is 6.54 Å². The van der Waals surface area contributed by atoms with Gasteiger partial charge in [0.1, 0.15) is 5.75 Å². The van der Waals surface area contributed by atoms with Crippen LogP contribution in [0.15, 0.2) is 12.1 Å². The molecular weight excluding hydrogens is 281 g/mol. The van der Waals surface area contributed by atoms with E-state index in [1.165, 1.54) is 38.5 Å². The van der Waals surface area contributed by atoms with Crippen LogP contribution < -0.4 is 5.32 Å². The third kappa shape index (κ3) is 4.55. The molecule has 0 bridgehead atoms. The summed E-state index contributed by atoms with van der Waals surface area (Å²) in [6, 6.07) is 3.32. The highest BCUT2D eigenvalue weighted by Gasteiger charge is 2.13. The second-order valence-corrected chi connectivity index (χ2v) is 6.21. The highest BCUT2D eigenvalue weighted by molar-refractivity contribution is 6.35. The molecule has 2 N–H and O–H groups in total. The molecule has 0 aromatic heterocycles. The first kappa shape index (κ1) is 15.0. The molecule has 2 rings (SSSR count). The second-order valence-electron chi connectivity index (χ2n) is 5.36. The van der Waals surface area contributed by atoms with Crippen molar-refractivity contribution in [2.75, 3.05) is 6.54 Å². The van der Waals surface area contributed by atoms with E-state index >= 15 is 0 Å². The van der Waals surface area contributed by atoms with Crippen molar-refractivity contribution in [3.63, 3.8) is 0 Å². The molecule has 0 radical (unpaired) electrons. The van der Waals surface area contributed by atoms with E-state index < -0.39 is 0 Å². The summed E-state index contributed by atoms with van der Waals surface area (Å²) < 4.78 is 0. The summed E-state index contributed by atoms with van der Waals surface area (Å²) in [6.45, 7) is 1.59. The van der Waals surface area contributed by atoms with Gasteiger partial charge in [0, 0.05) is 17.1 Å². The van der Waals surface area contributed by atoms with Gasteiger partial charge in [-0.2, -0.15) is 0 Å². The molecule has 0 atom stereocenters. The molecule has 0 amide bonds. The summed E-state index contributed by atoms with van der Waals surface area (Å²) in [6.07, 6.45) is 8.13. The number of hydrogen-bond acceptors (Lipinski definition) is 2. The first-order chi connectivity index (χ1) is 9.16. The van der Waals surface area contributed by atoms with Crippen LogP contribution in [0.1, 0.15) is 44.1 Å². The Labute approximate surface area is 125 Å². The zero-order valence-electron chi connectivity index (χ0n) is 11.1. The third-order valence-corrected chi connectivity index (χ3v) is 4.38. The average Bonchev–Trinajstić information content (AvgIpc) is 2.41. The van der Waals surface area contributed by atoms with Crippen LogP contribution in [0.5, 0.6) is 5.75 Å². The predicted molar refractivity (Wildman–Crippen MR) is 81.0 cm³/mol. The van der Waals surface area contributed by atoms with E-state index in [-0.39, 0.29) is 5.75 Å². The van der Waals surface area contributed by atoms with E-state index in [4.69, 9.17) is 23.2 Å². The minimum Gasteiger partial charge on any atom is -0.506 e. The molecule has 0 unspecified atom stereocenters. The molecule has 1 aliphatic rings. The predicted octanol–water partition coefficient (Wildman–Crippen LogP) is 4.76. The smallest absolute Gasteiger partial charge is 0.138 e. The number of halogens is 2. The highest BCUT2D eigenvalue weighted by atomic mass is 35.5. The molecule has 1 aromatic rings. The largest absolute Gasteiger partial charge is 0.506 e. The van der Waals surface area contributed by atoms with Crippen LogP contribution >= 0.6 is 23.2 Å². The van der Waals surface area contributed by atoms with Gasteiger partial charge in [-0.15, -0.1) is 0 Å². The van der Waals surface area contributed by atoms with Crippen molar-refractivity contribution in [3.8, 4) is 5.75 Å². The van der Waals surface area contributed by atoms with Crippen molar-refractivity contribution in [2.24, 2.45) is 5.92 Å². The highest BCUT2D eigenvalue weighted by Crippen LogP contribution is 2.31. The SMILES string of the molecule is Oc1c(Cl)cc(Cl)cc1CNCCC1CCCCC1. The quantitative estimate of drug-likeness (QED) is 0.769. The Morgan fingerprint density at radius 1 is 1.16 bits per heavy atom. The minimum atomic E-state index is 0.135. The Bertz CT molecular complexity index is 417. The van der Waals surface area contributed by atoms with Crippen molar-refractivity contribution in [1.29, 1.82) is 0 Å². The summed E-state index contributed by atoms with van der Waals surface area (Å²) in [4.78, 5) is 0. The Morgan fingerprint density at radius 3 is 2.63 bits per heavy atom.